The Morgan fingerprint density at radius 3 is 2.60 bits per heavy atom. The maximum absolute atomic E-state index is 3.22. The number of aromatic nitrogens is 1. The van der Waals surface area contributed by atoms with Gasteiger partial charge >= 0.3 is 0 Å². The van der Waals surface area contributed by atoms with E-state index in [9.17, 15) is 0 Å². The lowest BCUT2D eigenvalue weighted by molar-refractivity contribution is 1.13. The van der Waals surface area contributed by atoms with Crippen LogP contribution in [0.1, 0.15) is 0 Å². The van der Waals surface area contributed by atoms with Crippen LogP contribution in [0, 0.1) is 6.07 Å². The maximum atomic E-state index is 3.22. The molecule has 0 atom stereocenters. The van der Waals surface area contributed by atoms with Crippen LogP contribution in [0.4, 0.5) is 0 Å². The van der Waals surface area contributed by atoms with Crippen LogP contribution in [0.15, 0.2) is 60.8 Å². The topological polar surface area (TPSA) is 4.93 Å². The lowest BCUT2D eigenvalue weighted by Crippen LogP contribution is -1.89. The third-order valence-electron chi connectivity index (χ3n) is 2.55. The van der Waals surface area contributed by atoms with Gasteiger partial charge in [-0.05, 0) is 30.3 Å². The van der Waals surface area contributed by atoms with Crippen LogP contribution >= 0.6 is 0 Å². The van der Waals surface area contributed by atoms with Crippen molar-refractivity contribution in [2.45, 2.75) is 0 Å². The van der Waals surface area contributed by atoms with Gasteiger partial charge in [-0.1, -0.05) is 30.3 Å². The molecule has 1 aromatic heterocycles. The Morgan fingerprint density at radius 2 is 1.73 bits per heavy atom. The lowest BCUT2D eigenvalue weighted by atomic mass is 10.2. The largest absolute Gasteiger partial charge is 0.317 e. The Labute approximate surface area is 88.6 Å². The molecule has 0 aliphatic rings. The number of hydrogen-bond acceptors (Lipinski definition) is 0. The van der Waals surface area contributed by atoms with E-state index in [1.165, 1.54) is 11.2 Å². The monoisotopic (exact) mass is 192 g/mol. The van der Waals surface area contributed by atoms with Crippen molar-refractivity contribution in [1.29, 1.82) is 0 Å². The Bertz CT molecular complexity index is 578. The molecule has 1 nitrogen and oxygen atoms in total. The van der Waals surface area contributed by atoms with Gasteiger partial charge in [-0.2, -0.15) is 0 Å². The van der Waals surface area contributed by atoms with Crippen molar-refractivity contribution >= 4 is 10.9 Å². The fourth-order valence-electron chi connectivity index (χ4n) is 1.83. The third kappa shape index (κ3) is 1.33. The average Bonchev–Trinajstić information content (AvgIpc) is 2.74. The summed E-state index contributed by atoms with van der Waals surface area (Å²) in [6.07, 6.45) is 2.08. The summed E-state index contributed by atoms with van der Waals surface area (Å²) in [5, 5.41) is 1.15. The molecule has 1 radical (unpaired) electrons. The van der Waals surface area contributed by atoms with Gasteiger partial charge < -0.3 is 4.57 Å². The minimum atomic E-state index is 1.15. The predicted molar refractivity (Wildman–Crippen MR) is 62.1 cm³/mol. The zero-order valence-electron chi connectivity index (χ0n) is 8.22. The van der Waals surface area contributed by atoms with Crippen LogP contribution in [0.5, 0.6) is 0 Å². The molecule has 1 heteroatoms. The van der Waals surface area contributed by atoms with Gasteiger partial charge in [0.05, 0.1) is 5.52 Å². The second kappa shape index (κ2) is 3.28. The molecule has 0 spiro atoms. The standard InChI is InChI=1S/C14H10N/c1-2-7-13(8-3-1)15-11-10-12-6-4-5-9-14(12)15/h1-5,7-11H. The minimum Gasteiger partial charge on any atom is -0.317 e. The van der Waals surface area contributed by atoms with E-state index < -0.39 is 0 Å². The third-order valence-corrected chi connectivity index (χ3v) is 2.55. The summed E-state index contributed by atoms with van der Waals surface area (Å²) in [6, 6.07) is 21.7. The summed E-state index contributed by atoms with van der Waals surface area (Å²) < 4.78 is 2.17. The molecule has 0 aliphatic heterocycles. The van der Waals surface area contributed by atoms with Crippen molar-refractivity contribution in [1.82, 2.24) is 4.57 Å². The summed E-state index contributed by atoms with van der Waals surface area (Å²) in [6.45, 7) is 0. The van der Waals surface area contributed by atoms with E-state index in [4.69, 9.17) is 0 Å². The second-order valence-electron chi connectivity index (χ2n) is 3.49. The molecule has 0 saturated carbocycles. The van der Waals surface area contributed by atoms with Crippen molar-refractivity contribution in [2.24, 2.45) is 0 Å². The summed E-state index contributed by atoms with van der Waals surface area (Å²) in [5.74, 6) is 0. The van der Waals surface area contributed by atoms with E-state index >= 15 is 0 Å². The highest BCUT2D eigenvalue weighted by atomic mass is 15.0. The van der Waals surface area contributed by atoms with Gasteiger partial charge in [-0.3, -0.25) is 0 Å². The van der Waals surface area contributed by atoms with Crippen LogP contribution in [0.3, 0.4) is 0 Å². The van der Waals surface area contributed by atoms with Gasteiger partial charge in [-0.15, -0.1) is 0 Å². The summed E-state index contributed by atoms with van der Waals surface area (Å²) >= 11 is 0. The Morgan fingerprint density at radius 1 is 0.867 bits per heavy atom. The Hall–Kier alpha value is -2.02. The number of benzene rings is 2. The minimum absolute atomic E-state index is 1.15. The molecule has 0 bridgehead atoms. The van der Waals surface area contributed by atoms with E-state index in [1.54, 1.807) is 0 Å². The van der Waals surface area contributed by atoms with Crippen LogP contribution in [0.25, 0.3) is 16.6 Å². The number of para-hydroxylation sites is 1. The average molecular weight is 192 g/mol. The summed E-state index contributed by atoms with van der Waals surface area (Å²) in [5.41, 5.74) is 2.39. The zero-order valence-corrected chi connectivity index (χ0v) is 8.22. The highest BCUT2D eigenvalue weighted by molar-refractivity contribution is 5.81. The van der Waals surface area contributed by atoms with Gasteiger partial charge in [0.25, 0.3) is 0 Å². The first-order chi connectivity index (χ1) is 7.45. The highest BCUT2D eigenvalue weighted by Gasteiger charge is 2.00. The number of hydrogen-bond donors (Lipinski definition) is 0. The molecule has 0 N–H and O–H groups in total. The quantitative estimate of drug-likeness (QED) is 0.556. The van der Waals surface area contributed by atoms with Crippen molar-refractivity contribution in [3.63, 3.8) is 0 Å². The summed E-state index contributed by atoms with van der Waals surface area (Å²) in [4.78, 5) is 0. The van der Waals surface area contributed by atoms with E-state index in [2.05, 4.69) is 41.1 Å². The molecule has 0 aliphatic carbocycles. The van der Waals surface area contributed by atoms with Gasteiger partial charge in [0.1, 0.15) is 0 Å². The van der Waals surface area contributed by atoms with E-state index in [0.717, 1.165) is 5.39 Å². The molecule has 15 heavy (non-hydrogen) atoms. The molecule has 3 rings (SSSR count). The molecule has 71 valence electrons. The SMILES string of the molecule is [c]1cccc2c1ccn2-c1ccccc1. The Kier molecular flexibility index (Phi) is 1.82. The van der Waals surface area contributed by atoms with Crippen LogP contribution in [-0.4, -0.2) is 4.57 Å². The molecule has 0 unspecified atom stereocenters. The normalized spacial score (nSPS) is 10.7. The fraction of sp³-hybridized carbons (Fsp3) is 0. The molecule has 0 saturated heterocycles. The van der Waals surface area contributed by atoms with Crippen LogP contribution in [-0.2, 0) is 0 Å². The zero-order chi connectivity index (χ0) is 10.1. The first-order valence-electron chi connectivity index (χ1n) is 4.98. The highest BCUT2D eigenvalue weighted by Crippen LogP contribution is 2.19. The molecule has 3 aromatic rings. The molecule has 0 fully saturated rings. The summed E-state index contributed by atoms with van der Waals surface area (Å²) in [7, 11) is 0. The van der Waals surface area contributed by atoms with Crippen molar-refractivity contribution < 1.29 is 0 Å². The van der Waals surface area contributed by atoms with E-state index in [0.29, 0.717) is 0 Å². The fourth-order valence-corrected chi connectivity index (χ4v) is 1.83. The second-order valence-corrected chi connectivity index (χ2v) is 3.49. The lowest BCUT2D eigenvalue weighted by Gasteiger charge is -2.04. The predicted octanol–water partition coefficient (Wildman–Crippen LogP) is 3.43. The molecule has 2 aromatic carbocycles. The number of nitrogens with zero attached hydrogens (tertiary/aromatic N) is 1. The van der Waals surface area contributed by atoms with Crippen molar-refractivity contribution in [3.8, 4) is 5.69 Å². The van der Waals surface area contributed by atoms with Crippen molar-refractivity contribution in [2.75, 3.05) is 0 Å². The van der Waals surface area contributed by atoms with Crippen LogP contribution < -0.4 is 0 Å². The van der Waals surface area contributed by atoms with Crippen molar-refractivity contribution in [3.05, 3.63) is 66.9 Å². The number of fused-ring (bicyclic) bond motifs is 1. The van der Waals surface area contributed by atoms with E-state index in [1.807, 2.05) is 30.3 Å². The van der Waals surface area contributed by atoms with Gasteiger partial charge in [0, 0.05) is 17.3 Å². The maximum Gasteiger partial charge on any atom is 0.0534 e. The first kappa shape index (κ1) is 8.30. The molecular formula is C14H10N. The first-order valence-corrected chi connectivity index (χ1v) is 4.98. The van der Waals surface area contributed by atoms with E-state index in [-0.39, 0.29) is 0 Å². The van der Waals surface area contributed by atoms with Crippen LogP contribution in [0.2, 0.25) is 0 Å². The van der Waals surface area contributed by atoms with Gasteiger partial charge in [0.15, 0.2) is 0 Å². The number of rotatable bonds is 1. The molecule has 0 amide bonds. The smallest absolute Gasteiger partial charge is 0.0534 e. The van der Waals surface area contributed by atoms with Gasteiger partial charge in [0.2, 0.25) is 0 Å². The molecular weight excluding hydrogens is 182 g/mol. The Balaban J connectivity index is 2.28. The van der Waals surface area contributed by atoms with Gasteiger partial charge in [-0.25, -0.2) is 0 Å². The molecule has 1 heterocycles.